The summed E-state index contributed by atoms with van der Waals surface area (Å²) in [6.45, 7) is 4.81. The van der Waals surface area contributed by atoms with E-state index in [9.17, 15) is 18.9 Å². The van der Waals surface area contributed by atoms with Crippen molar-refractivity contribution in [3.63, 3.8) is 0 Å². The Labute approximate surface area is 225 Å². The summed E-state index contributed by atoms with van der Waals surface area (Å²) in [7, 11) is -4.11. The van der Waals surface area contributed by atoms with Crippen LogP contribution in [0.3, 0.4) is 0 Å². The zero-order chi connectivity index (χ0) is 28.0. The third-order valence-electron chi connectivity index (χ3n) is 5.81. The number of nitrogens with one attached hydrogen (secondary N) is 2. The van der Waals surface area contributed by atoms with Gasteiger partial charge in [-0.15, -0.1) is 0 Å². The molecule has 1 unspecified atom stereocenters. The molecule has 2 heterocycles. The van der Waals surface area contributed by atoms with Crippen LogP contribution in [0.15, 0.2) is 82.5 Å². The molecule has 0 saturated heterocycles. The van der Waals surface area contributed by atoms with E-state index in [1.165, 1.54) is 17.7 Å². The highest BCUT2D eigenvalue weighted by atomic mass is 31.2. The first-order chi connectivity index (χ1) is 18.6. The lowest BCUT2D eigenvalue weighted by atomic mass is 10.2. The summed E-state index contributed by atoms with van der Waals surface area (Å²) in [5.74, 6) is -0.364. The van der Waals surface area contributed by atoms with Crippen LogP contribution in [-0.4, -0.2) is 34.3 Å². The summed E-state index contributed by atoms with van der Waals surface area (Å²) in [6.07, 6.45) is 3.18. The van der Waals surface area contributed by atoms with E-state index in [-0.39, 0.29) is 19.0 Å². The summed E-state index contributed by atoms with van der Waals surface area (Å²) >= 11 is 0. The Morgan fingerprint density at radius 2 is 1.82 bits per heavy atom. The van der Waals surface area contributed by atoms with Crippen molar-refractivity contribution in [3.05, 3.63) is 110 Å². The van der Waals surface area contributed by atoms with E-state index in [4.69, 9.17) is 18.5 Å². The number of nitrogens with zero attached hydrogens (tertiary/aromatic N) is 1. The normalized spacial score (nSPS) is 18.8. The van der Waals surface area contributed by atoms with Crippen molar-refractivity contribution in [2.24, 2.45) is 0 Å². The quantitative estimate of drug-likeness (QED) is 0.207. The lowest BCUT2D eigenvalue weighted by Gasteiger charge is -2.24. The number of esters is 1. The van der Waals surface area contributed by atoms with Gasteiger partial charge in [0.2, 0.25) is 0 Å². The molecule has 1 aromatic heterocycles. The van der Waals surface area contributed by atoms with Gasteiger partial charge in [0.15, 0.2) is 6.23 Å². The molecule has 4 rings (SSSR count). The van der Waals surface area contributed by atoms with Crippen molar-refractivity contribution in [1.82, 2.24) is 14.6 Å². The van der Waals surface area contributed by atoms with Crippen LogP contribution in [0.2, 0.25) is 0 Å². The van der Waals surface area contributed by atoms with Crippen molar-refractivity contribution < 1.29 is 27.9 Å². The number of aromatic amines is 1. The maximum absolute atomic E-state index is 13.8. The third-order valence-corrected chi connectivity index (χ3v) is 7.45. The maximum atomic E-state index is 13.8. The minimum Gasteiger partial charge on any atom is -0.460 e. The van der Waals surface area contributed by atoms with E-state index in [0.29, 0.717) is 5.56 Å². The van der Waals surface area contributed by atoms with Gasteiger partial charge >= 0.3 is 19.4 Å². The summed E-state index contributed by atoms with van der Waals surface area (Å²) in [4.78, 5) is 38.7. The fraction of sp³-hybridized carbons (Fsp3) is 0.296. The zero-order valence-corrected chi connectivity index (χ0v) is 22.6. The van der Waals surface area contributed by atoms with E-state index in [2.05, 4.69) is 10.1 Å². The molecule has 206 valence electrons. The van der Waals surface area contributed by atoms with Crippen molar-refractivity contribution >= 4 is 13.7 Å². The second-order valence-electron chi connectivity index (χ2n) is 9.07. The second kappa shape index (κ2) is 12.4. The number of H-pyrrole nitrogens is 1. The number of hydrogen-bond acceptors (Lipinski definition) is 8. The highest BCUT2D eigenvalue weighted by Gasteiger charge is 2.34. The number of hydrogen-bond donors (Lipinski definition) is 2. The van der Waals surface area contributed by atoms with Crippen molar-refractivity contribution in [1.29, 1.82) is 0 Å². The standard InChI is InChI=1S/C27H30N3O8P/c1-18-9-11-22(12-10-18)38-39(34,29-20(3)26(32)35-16-21-7-5-4-6-8-21)36-17-23-13-14-24(37-23)30-15-19(2)25(31)28-27(30)33/h4-15,20,23-24H,16-17H2,1-3H3,(H,29,34)(H,28,31,33)/t20-,23-,24+,39?/m0/s1. The van der Waals surface area contributed by atoms with Gasteiger partial charge in [-0.1, -0.05) is 54.1 Å². The molecule has 39 heavy (non-hydrogen) atoms. The van der Waals surface area contributed by atoms with Gasteiger partial charge in [0, 0.05) is 11.8 Å². The number of aromatic nitrogens is 2. The lowest BCUT2D eigenvalue weighted by molar-refractivity contribution is -0.146. The predicted octanol–water partition coefficient (Wildman–Crippen LogP) is 3.53. The Hall–Kier alpha value is -3.76. The Kier molecular flexibility index (Phi) is 8.98. The Morgan fingerprint density at radius 3 is 2.54 bits per heavy atom. The second-order valence-corrected chi connectivity index (χ2v) is 10.8. The molecule has 3 aromatic rings. The molecule has 0 spiro atoms. The van der Waals surface area contributed by atoms with Crippen molar-refractivity contribution in [2.45, 2.75) is 45.8 Å². The largest absolute Gasteiger partial charge is 0.460 e. The molecule has 4 atom stereocenters. The molecule has 1 aliphatic heterocycles. The molecule has 11 nitrogen and oxygen atoms in total. The summed E-state index contributed by atoms with van der Waals surface area (Å²) in [5, 5.41) is 2.64. The van der Waals surface area contributed by atoms with E-state index in [0.717, 1.165) is 11.1 Å². The number of rotatable bonds is 11. The average molecular weight is 556 g/mol. The van der Waals surface area contributed by atoms with E-state index >= 15 is 0 Å². The molecule has 2 N–H and O–H groups in total. The van der Waals surface area contributed by atoms with Crippen LogP contribution in [0.1, 0.15) is 29.8 Å². The van der Waals surface area contributed by atoms with E-state index in [1.807, 2.05) is 37.3 Å². The van der Waals surface area contributed by atoms with Crippen LogP contribution in [0.5, 0.6) is 5.75 Å². The molecule has 0 saturated carbocycles. The minimum absolute atomic E-state index is 0.0569. The van der Waals surface area contributed by atoms with Crippen molar-refractivity contribution in [2.75, 3.05) is 6.61 Å². The predicted molar refractivity (Wildman–Crippen MR) is 143 cm³/mol. The summed E-state index contributed by atoms with van der Waals surface area (Å²) in [6, 6.07) is 15.0. The van der Waals surface area contributed by atoms with Gasteiger partial charge < -0.3 is 14.0 Å². The summed E-state index contributed by atoms with van der Waals surface area (Å²) in [5.41, 5.74) is 1.03. The molecular formula is C27H30N3O8P. The fourth-order valence-corrected chi connectivity index (χ4v) is 5.16. The van der Waals surface area contributed by atoms with Crippen LogP contribution >= 0.6 is 7.75 Å². The van der Waals surface area contributed by atoms with Gasteiger partial charge in [0.1, 0.15) is 24.5 Å². The monoisotopic (exact) mass is 555 g/mol. The number of ether oxygens (including phenoxy) is 2. The SMILES string of the molecule is Cc1ccc(OP(=O)(N[C@@H](C)C(=O)OCc2ccccc2)OC[C@@H]2C=C[C@H](n3cc(C)c(=O)[nH]c3=O)O2)cc1. The van der Waals surface area contributed by atoms with Gasteiger partial charge in [-0.05, 0) is 44.5 Å². The number of carbonyl (C=O) groups is 1. The fourth-order valence-electron chi connectivity index (χ4n) is 3.66. The van der Waals surface area contributed by atoms with E-state index in [1.54, 1.807) is 43.3 Å². The molecule has 0 amide bonds. The van der Waals surface area contributed by atoms with Crippen molar-refractivity contribution in [3.8, 4) is 5.75 Å². The van der Waals surface area contributed by atoms with Crippen LogP contribution in [0.4, 0.5) is 0 Å². The molecule has 12 heteroatoms. The molecule has 0 bridgehead atoms. The van der Waals surface area contributed by atoms with Crippen LogP contribution < -0.4 is 20.9 Å². The third kappa shape index (κ3) is 7.64. The molecule has 0 radical (unpaired) electrons. The highest BCUT2D eigenvalue weighted by Crippen LogP contribution is 2.45. The highest BCUT2D eigenvalue weighted by molar-refractivity contribution is 7.52. The number of aryl methyl sites for hydroxylation is 2. The molecule has 0 fully saturated rings. The summed E-state index contributed by atoms with van der Waals surface area (Å²) < 4.78 is 37.6. The number of benzene rings is 2. The Morgan fingerprint density at radius 1 is 1.10 bits per heavy atom. The maximum Gasteiger partial charge on any atom is 0.459 e. The van der Waals surface area contributed by atoms with Gasteiger partial charge in [-0.25, -0.2) is 9.36 Å². The van der Waals surface area contributed by atoms with Gasteiger partial charge in [0.05, 0.1) is 6.61 Å². The topological polar surface area (TPSA) is 138 Å². The Bertz CT molecular complexity index is 1480. The minimum atomic E-state index is -4.11. The van der Waals surface area contributed by atoms with Gasteiger partial charge in [0.25, 0.3) is 5.56 Å². The van der Waals surface area contributed by atoms with Crippen LogP contribution in [-0.2, 0) is 30.0 Å². The molecule has 1 aliphatic rings. The first kappa shape index (κ1) is 28.3. The smallest absolute Gasteiger partial charge is 0.459 e. The Balaban J connectivity index is 1.42. The number of carbonyl (C=O) groups excluding carboxylic acids is 1. The van der Waals surface area contributed by atoms with Crippen LogP contribution in [0.25, 0.3) is 0 Å². The van der Waals surface area contributed by atoms with Gasteiger partial charge in [-0.3, -0.25) is 23.7 Å². The van der Waals surface area contributed by atoms with E-state index < -0.39 is 43.3 Å². The molecule has 2 aromatic carbocycles. The first-order valence-electron chi connectivity index (χ1n) is 12.3. The first-order valence-corrected chi connectivity index (χ1v) is 13.8. The molecular weight excluding hydrogens is 525 g/mol. The average Bonchev–Trinajstić information content (AvgIpc) is 3.39. The van der Waals surface area contributed by atoms with Gasteiger partial charge in [-0.2, -0.15) is 5.09 Å². The molecule has 0 aliphatic carbocycles. The van der Waals surface area contributed by atoms with Crippen LogP contribution in [0, 0.1) is 13.8 Å². The lowest BCUT2D eigenvalue weighted by Crippen LogP contribution is -2.36. The zero-order valence-electron chi connectivity index (χ0n) is 21.7.